The molecule has 2 aliphatic rings. The number of anilines is 2. The van der Waals surface area contributed by atoms with Gasteiger partial charge in [0.05, 0.1) is 22.4 Å². The topological polar surface area (TPSA) is 109 Å². The van der Waals surface area contributed by atoms with Gasteiger partial charge in [-0.3, -0.25) is 14.5 Å². The number of rotatable bonds is 4. The lowest BCUT2D eigenvalue weighted by Gasteiger charge is -2.44. The largest absolute Gasteiger partial charge is 0.465 e. The van der Waals surface area contributed by atoms with E-state index < -0.39 is 57.7 Å². The molecule has 1 fully saturated rings. The minimum Gasteiger partial charge on any atom is -0.465 e. The molecule has 3 N–H and O–H groups in total. The molecule has 3 heterocycles. The first-order chi connectivity index (χ1) is 18.2. The van der Waals surface area contributed by atoms with Gasteiger partial charge in [-0.2, -0.15) is 13.2 Å². The Balaban J connectivity index is 1.83. The molecule has 0 radical (unpaired) electrons. The van der Waals surface area contributed by atoms with Gasteiger partial charge in [0.25, 0.3) is 5.91 Å². The van der Waals surface area contributed by atoms with E-state index in [4.69, 9.17) is 0 Å². The lowest BCUT2D eigenvalue weighted by Crippen LogP contribution is -2.55. The smallest absolute Gasteiger partial charge is 0.417 e. The molecule has 39 heavy (non-hydrogen) atoms. The molecule has 14 heteroatoms. The molecule has 2 atom stereocenters. The number of hydrogen-bond acceptors (Lipinski definition) is 5. The van der Waals surface area contributed by atoms with E-state index in [9.17, 15) is 32.7 Å². The SMILES string of the molecule is C[C@@H]1CN(c2cc(F)c(C3=CCN(C(=O)O)C3)c(F)c2NC(=O)c2c[nH]c(=O)cc2C(F)(F)F)C[C@H](C)N1C. The van der Waals surface area contributed by atoms with Gasteiger partial charge in [0.1, 0.15) is 11.5 Å². The number of halogens is 5. The van der Waals surface area contributed by atoms with Crippen LogP contribution in [-0.2, 0) is 6.18 Å². The maximum absolute atomic E-state index is 16.1. The standard InChI is InChI=1S/C25H26F5N5O4/c1-12-9-35(10-13(2)33(12)3)18-7-17(26)20(14-4-5-34(11-14)24(38)39)21(27)22(18)32-23(37)15-8-31-19(36)6-16(15)25(28,29)30/h4,6-8,12-13H,5,9-11H2,1-3H3,(H,31,36)(H,32,37)(H,38,39)/t12-,13+. The molecule has 9 nitrogen and oxygen atoms in total. The van der Waals surface area contributed by atoms with E-state index in [0.717, 1.165) is 11.0 Å². The zero-order valence-electron chi connectivity index (χ0n) is 21.2. The fraction of sp³-hybridized carbons (Fsp3) is 0.400. The number of H-pyrrole nitrogens is 1. The lowest BCUT2D eigenvalue weighted by molar-refractivity contribution is -0.138. The van der Waals surface area contributed by atoms with Crippen molar-refractivity contribution in [1.82, 2.24) is 14.8 Å². The summed E-state index contributed by atoms with van der Waals surface area (Å²) >= 11 is 0. The van der Waals surface area contributed by atoms with Crippen molar-refractivity contribution in [3.63, 3.8) is 0 Å². The van der Waals surface area contributed by atoms with Crippen molar-refractivity contribution >= 4 is 28.9 Å². The molecule has 2 aromatic rings. The van der Waals surface area contributed by atoms with Crippen LogP contribution < -0.4 is 15.8 Å². The molecule has 1 saturated heterocycles. The Labute approximate surface area is 219 Å². The quantitative estimate of drug-likeness (QED) is 0.495. The second-order valence-electron chi connectivity index (χ2n) is 9.68. The second kappa shape index (κ2) is 10.3. The Morgan fingerprint density at radius 3 is 2.33 bits per heavy atom. The molecule has 4 rings (SSSR count). The summed E-state index contributed by atoms with van der Waals surface area (Å²) in [7, 11) is 1.88. The number of aromatic amines is 1. The summed E-state index contributed by atoms with van der Waals surface area (Å²) in [5, 5.41) is 11.4. The van der Waals surface area contributed by atoms with E-state index in [1.807, 2.05) is 25.9 Å². The Hall–Kier alpha value is -3.94. The van der Waals surface area contributed by atoms with Gasteiger partial charge in [0.15, 0.2) is 5.82 Å². The number of alkyl halides is 3. The van der Waals surface area contributed by atoms with Gasteiger partial charge in [0, 0.05) is 56.6 Å². The number of hydrogen-bond donors (Lipinski definition) is 3. The number of pyridine rings is 1. The number of amides is 2. The van der Waals surface area contributed by atoms with E-state index in [1.54, 1.807) is 4.90 Å². The van der Waals surface area contributed by atoms with E-state index in [0.29, 0.717) is 19.3 Å². The van der Waals surface area contributed by atoms with Gasteiger partial charge >= 0.3 is 12.3 Å². The fourth-order valence-corrected chi connectivity index (χ4v) is 4.83. The van der Waals surface area contributed by atoms with Crippen molar-refractivity contribution in [2.24, 2.45) is 0 Å². The molecule has 2 aliphatic heterocycles. The molecule has 0 saturated carbocycles. The van der Waals surface area contributed by atoms with Crippen LogP contribution in [0.25, 0.3) is 5.57 Å². The number of nitrogens with zero attached hydrogens (tertiary/aromatic N) is 3. The van der Waals surface area contributed by atoms with Crippen LogP contribution in [0.1, 0.15) is 35.3 Å². The molecular formula is C25H26F5N5O4. The summed E-state index contributed by atoms with van der Waals surface area (Å²) in [4.78, 5) is 42.6. The van der Waals surface area contributed by atoms with Crippen molar-refractivity contribution in [2.75, 3.05) is 43.4 Å². The highest BCUT2D eigenvalue weighted by molar-refractivity contribution is 6.07. The summed E-state index contributed by atoms with van der Waals surface area (Å²) in [6.45, 7) is 3.93. The summed E-state index contributed by atoms with van der Waals surface area (Å²) in [6.07, 6.45) is -4.46. The van der Waals surface area contributed by atoms with Gasteiger partial charge < -0.3 is 25.2 Å². The van der Waals surface area contributed by atoms with E-state index >= 15 is 8.78 Å². The van der Waals surface area contributed by atoms with Gasteiger partial charge in [0.2, 0.25) is 5.56 Å². The fourth-order valence-electron chi connectivity index (χ4n) is 4.83. The number of piperazine rings is 1. The van der Waals surface area contributed by atoms with Gasteiger partial charge in [-0.15, -0.1) is 0 Å². The molecular weight excluding hydrogens is 529 g/mol. The first-order valence-corrected chi connectivity index (χ1v) is 12.0. The number of carbonyl (C=O) groups excluding carboxylic acids is 1. The van der Waals surface area contributed by atoms with Crippen LogP contribution in [0, 0.1) is 11.6 Å². The van der Waals surface area contributed by atoms with Crippen molar-refractivity contribution < 1.29 is 36.6 Å². The highest BCUT2D eigenvalue weighted by Gasteiger charge is 2.37. The van der Waals surface area contributed by atoms with Gasteiger partial charge in [-0.1, -0.05) is 6.08 Å². The highest BCUT2D eigenvalue weighted by atomic mass is 19.4. The zero-order chi connectivity index (χ0) is 28.8. The molecule has 0 unspecified atom stereocenters. The van der Waals surface area contributed by atoms with Crippen LogP contribution in [0.15, 0.2) is 29.2 Å². The monoisotopic (exact) mass is 555 g/mol. The average molecular weight is 556 g/mol. The lowest BCUT2D eigenvalue weighted by atomic mass is 10.0. The molecule has 210 valence electrons. The second-order valence-corrected chi connectivity index (χ2v) is 9.68. The van der Waals surface area contributed by atoms with Crippen LogP contribution in [0.5, 0.6) is 0 Å². The molecule has 1 aromatic heterocycles. The number of nitrogens with one attached hydrogen (secondary N) is 2. The first kappa shape index (κ1) is 28.1. The van der Waals surface area contributed by atoms with Crippen LogP contribution >= 0.6 is 0 Å². The van der Waals surface area contributed by atoms with E-state index in [1.165, 1.54) is 6.08 Å². The van der Waals surface area contributed by atoms with Crippen molar-refractivity contribution in [2.45, 2.75) is 32.1 Å². The third-order valence-electron chi connectivity index (χ3n) is 7.12. The highest BCUT2D eigenvalue weighted by Crippen LogP contribution is 2.39. The molecule has 1 aromatic carbocycles. The van der Waals surface area contributed by atoms with Crippen molar-refractivity contribution in [1.29, 1.82) is 0 Å². The van der Waals surface area contributed by atoms with Crippen LogP contribution in [0.3, 0.4) is 0 Å². The average Bonchev–Trinajstić information content (AvgIpc) is 3.33. The van der Waals surface area contributed by atoms with E-state index in [-0.39, 0.29) is 42.5 Å². The third-order valence-corrected chi connectivity index (χ3v) is 7.12. The Bertz CT molecular complexity index is 1390. The number of carboxylic acid groups (broad SMARTS) is 1. The molecule has 2 amide bonds. The predicted molar refractivity (Wildman–Crippen MR) is 133 cm³/mol. The molecule has 0 spiro atoms. The maximum atomic E-state index is 16.1. The third kappa shape index (κ3) is 5.46. The number of aromatic nitrogens is 1. The van der Waals surface area contributed by atoms with E-state index in [2.05, 4.69) is 10.2 Å². The predicted octanol–water partition coefficient (Wildman–Crippen LogP) is 3.83. The summed E-state index contributed by atoms with van der Waals surface area (Å²) in [6, 6.07) is 1.07. The van der Waals surface area contributed by atoms with Gasteiger partial charge in [-0.05, 0) is 26.5 Å². The van der Waals surface area contributed by atoms with Crippen LogP contribution in [0.4, 0.5) is 38.1 Å². The summed E-state index contributed by atoms with van der Waals surface area (Å²) in [5.74, 6) is -3.65. The minimum absolute atomic E-state index is 0.00887. The van der Waals surface area contributed by atoms with Crippen LogP contribution in [0.2, 0.25) is 0 Å². The van der Waals surface area contributed by atoms with Crippen molar-refractivity contribution in [3.8, 4) is 0 Å². The summed E-state index contributed by atoms with van der Waals surface area (Å²) in [5.41, 5.74) is -4.80. The number of likely N-dealkylation sites (N-methyl/N-ethyl adjacent to an activating group) is 1. The minimum atomic E-state index is -5.06. The normalized spacial score (nSPS) is 20.3. The molecule has 0 bridgehead atoms. The number of benzene rings is 1. The summed E-state index contributed by atoms with van der Waals surface area (Å²) < 4.78 is 72.3. The van der Waals surface area contributed by atoms with Crippen LogP contribution in [-0.4, -0.2) is 77.2 Å². The Morgan fingerprint density at radius 1 is 1.13 bits per heavy atom. The first-order valence-electron chi connectivity index (χ1n) is 12.0. The maximum Gasteiger partial charge on any atom is 0.417 e. The van der Waals surface area contributed by atoms with Crippen molar-refractivity contribution in [3.05, 3.63) is 63.1 Å². The zero-order valence-corrected chi connectivity index (χ0v) is 21.2. The molecule has 0 aliphatic carbocycles. The Kier molecular flexibility index (Phi) is 7.43. The van der Waals surface area contributed by atoms with Gasteiger partial charge in [-0.25, -0.2) is 13.6 Å². The number of carbonyl (C=O) groups is 2. The Morgan fingerprint density at radius 2 is 1.77 bits per heavy atom.